The van der Waals surface area contributed by atoms with Gasteiger partial charge in [-0.2, -0.15) is 5.10 Å². The summed E-state index contributed by atoms with van der Waals surface area (Å²) < 4.78 is 25.9. The van der Waals surface area contributed by atoms with Crippen molar-refractivity contribution in [3.8, 4) is 0 Å². The van der Waals surface area contributed by atoms with Crippen LogP contribution in [0.5, 0.6) is 0 Å². The van der Waals surface area contributed by atoms with Gasteiger partial charge in [0.1, 0.15) is 23.3 Å². The lowest BCUT2D eigenvalue weighted by Crippen LogP contribution is -2.42. The molecule has 0 unspecified atom stereocenters. The highest BCUT2D eigenvalue weighted by Crippen LogP contribution is 2.44. The summed E-state index contributed by atoms with van der Waals surface area (Å²) in [7, 11) is 4.29. The highest BCUT2D eigenvalue weighted by atomic mass is 16.6. The summed E-state index contributed by atoms with van der Waals surface area (Å²) in [6.07, 6.45) is 25.5. The maximum atomic E-state index is 12.6. The molecule has 4 fully saturated rings. The molecule has 3 saturated carbocycles. The number of likely N-dealkylation sites (tertiary alicyclic amines) is 1. The number of aromatic nitrogens is 9. The predicted octanol–water partition coefficient (Wildman–Crippen LogP) is 12.5. The Balaban J connectivity index is 0.000000134. The summed E-state index contributed by atoms with van der Waals surface area (Å²) in [5, 5.41) is 24.6. The molecule has 9 heterocycles. The second kappa shape index (κ2) is 30.8. The van der Waals surface area contributed by atoms with Crippen LogP contribution < -0.4 is 20.3 Å². The van der Waals surface area contributed by atoms with Gasteiger partial charge >= 0.3 is 18.3 Å². The van der Waals surface area contributed by atoms with Crippen molar-refractivity contribution in [3.63, 3.8) is 0 Å². The van der Waals surface area contributed by atoms with Gasteiger partial charge in [0.15, 0.2) is 0 Å². The van der Waals surface area contributed by atoms with E-state index in [-0.39, 0.29) is 66.1 Å². The van der Waals surface area contributed by atoms with Crippen molar-refractivity contribution in [2.45, 2.75) is 231 Å². The Labute approximate surface area is 585 Å². The van der Waals surface area contributed by atoms with E-state index in [1.165, 1.54) is 63.9 Å². The van der Waals surface area contributed by atoms with Gasteiger partial charge in [0.25, 0.3) is 5.56 Å². The van der Waals surface area contributed by atoms with Crippen LogP contribution in [0.3, 0.4) is 0 Å². The van der Waals surface area contributed by atoms with E-state index in [4.69, 9.17) is 29.2 Å². The van der Waals surface area contributed by atoms with Crippen LogP contribution in [0.15, 0.2) is 84.0 Å². The van der Waals surface area contributed by atoms with Gasteiger partial charge in [0.05, 0.1) is 90.2 Å². The molecule has 4 aliphatic heterocycles. The number of amides is 3. The van der Waals surface area contributed by atoms with Crippen molar-refractivity contribution < 1.29 is 43.6 Å². The van der Waals surface area contributed by atoms with Crippen LogP contribution >= 0.6 is 0 Å². The Morgan fingerprint density at radius 1 is 0.530 bits per heavy atom. The number of fused-ring (bicyclic) bond motifs is 9. The Kier molecular flexibility index (Phi) is 21.6. The number of pyridine rings is 1. The number of ketones is 1. The molecule has 2 N–H and O–H groups in total. The molecule has 0 spiro atoms. The topological polar surface area (TPSA) is 243 Å². The quantitative estimate of drug-likeness (QED) is 0.0962. The number of rotatable bonds is 14. The van der Waals surface area contributed by atoms with Gasteiger partial charge in [-0.15, -0.1) is 0 Å². The molecular formula is C77H101N13O10. The third-order valence-corrected chi connectivity index (χ3v) is 22.9. The van der Waals surface area contributed by atoms with Crippen molar-refractivity contribution in [1.82, 2.24) is 47.9 Å². The second-order valence-electron chi connectivity index (χ2n) is 29.1. The smallest absolute Gasteiger partial charge is 0.414 e. The van der Waals surface area contributed by atoms with Gasteiger partial charge in [-0.1, -0.05) is 31.7 Å². The van der Waals surface area contributed by atoms with Crippen LogP contribution in [0.25, 0.3) is 33.1 Å². The second-order valence-corrected chi connectivity index (χ2v) is 29.1. The summed E-state index contributed by atoms with van der Waals surface area (Å²) in [4.78, 5) is 85.4. The third-order valence-electron chi connectivity index (χ3n) is 22.9. The average Bonchev–Trinajstić information content (AvgIpc) is 1.46. The minimum absolute atomic E-state index is 0.0420. The zero-order valence-corrected chi connectivity index (χ0v) is 59.5. The fraction of sp³-hybridized carbons (Fsp3) is 0.571. The molecule has 15 rings (SSSR count). The van der Waals surface area contributed by atoms with Gasteiger partial charge in [-0.3, -0.25) is 29.0 Å². The summed E-state index contributed by atoms with van der Waals surface area (Å²) in [6.45, 7) is 12.7. The Morgan fingerprint density at radius 2 is 1.06 bits per heavy atom. The number of benzene rings is 3. The van der Waals surface area contributed by atoms with E-state index in [1.54, 1.807) is 50.7 Å². The van der Waals surface area contributed by atoms with Crippen molar-refractivity contribution in [2.75, 3.05) is 55.7 Å². The number of aliphatic hydroxyl groups excluding tert-OH is 2. The Morgan fingerprint density at radius 3 is 1.59 bits per heavy atom. The van der Waals surface area contributed by atoms with Crippen molar-refractivity contribution in [2.24, 2.45) is 11.8 Å². The van der Waals surface area contributed by atoms with Crippen LogP contribution in [0, 0.1) is 11.8 Å². The number of ether oxygens (including phenoxy) is 3. The number of carbonyl (C=O) groups is 4. The maximum Gasteiger partial charge on any atom is 0.414 e. The number of aliphatic hydroxyl groups is 2. The van der Waals surface area contributed by atoms with Gasteiger partial charge in [0.2, 0.25) is 0 Å². The highest BCUT2D eigenvalue weighted by molar-refractivity contribution is 5.98. The first-order valence-electron chi connectivity index (χ1n) is 36.9. The number of carbonyl (C=O) groups excluding carboxylic acids is 4. The van der Waals surface area contributed by atoms with E-state index in [9.17, 15) is 34.2 Å². The van der Waals surface area contributed by atoms with Crippen molar-refractivity contribution in [3.05, 3.63) is 124 Å². The molecule has 5 aromatic heterocycles. The van der Waals surface area contributed by atoms with Gasteiger partial charge in [-0.25, -0.2) is 29.3 Å². The number of Topliss-reactive ketones (excluding diaryl/α,β-unsaturated/α-hetero) is 1. The van der Waals surface area contributed by atoms with Gasteiger partial charge in [-0.05, 0) is 185 Å². The predicted molar refractivity (Wildman–Crippen MR) is 385 cm³/mol. The van der Waals surface area contributed by atoms with E-state index in [0.717, 1.165) is 215 Å². The first-order valence-corrected chi connectivity index (χ1v) is 36.9. The number of aryl methyl sites for hydroxylation is 6. The van der Waals surface area contributed by atoms with E-state index in [2.05, 4.69) is 61.8 Å². The van der Waals surface area contributed by atoms with E-state index in [0.29, 0.717) is 24.8 Å². The van der Waals surface area contributed by atoms with Crippen LogP contribution in [0.2, 0.25) is 0 Å². The lowest BCUT2D eigenvalue weighted by molar-refractivity contribution is -0.122. The number of anilines is 3. The summed E-state index contributed by atoms with van der Waals surface area (Å²) in [5.41, 5.74) is 12.1. The number of imidazole rings is 3. The molecule has 0 bridgehead atoms. The zero-order valence-electron chi connectivity index (χ0n) is 59.5. The highest BCUT2D eigenvalue weighted by Gasteiger charge is 2.38. The molecule has 23 nitrogen and oxygen atoms in total. The average molecular weight is 1370 g/mol. The molecular weight excluding hydrogens is 1270 g/mol. The normalized spacial score (nSPS) is 22.6. The number of hydrogen-bond donors (Lipinski definition) is 2. The first kappa shape index (κ1) is 70.0. The number of methoxy groups -OCH3 is 3. The molecule has 0 radical (unpaired) electrons. The molecule has 534 valence electrons. The first-order chi connectivity index (χ1) is 48.5. The summed E-state index contributed by atoms with van der Waals surface area (Å²) in [6, 6.07) is 20.2. The molecule has 23 heteroatoms. The molecule has 8 aromatic rings. The molecule has 1 saturated heterocycles. The van der Waals surface area contributed by atoms with Crippen LogP contribution in [0.1, 0.15) is 183 Å². The molecule has 7 atom stereocenters. The maximum absolute atomic E-state index is 12.6. The summed E-state index contributed by atoms with van der Waals surface area (Å²) in [5.74, 6) is 4.32. The molecule has 100 heavy (non-hydrogen) atoms. The Bertz CT molecular complexity index is 4290. The minimum Gasteiger partial charge on any atom is -0.452 e. The molecule has 7 aliphatic rings. The largest absolute Gasteiger partial charge is 0.452 e. The monoisotopic (exact) mass is 1370 g/mol. The summed E-state index contributed by atoms with van der Waals surface area (Å²) >= 11 is 0. The number of hydrogen-bond acceptors (Lipinski definition) is 15. The minimum atomic E-state index is -0.367. The Hall–Kier alpha value is -8.41. The third kappa shape index (κ3) is 14.4. The van der Waals surface area contributed by atoms with E-state index >= 15 is 0 Å². The standard InChI is InChI=1S/C27H37N3O3.C25H34N6O3.C25H30N4O4/c1-17-10-12-22-23(29(17)27(32)33-3)13-14-24-26(22)28-25(15-11-19-6-4-7-19)30(24)21-9-5-8-20(16-21)18(2)31;1-18-4-5-20-21(31(18)25(33)34-2)6-7-22-24(20)27-23(10-15-29-12-3-11-26-29)30(22)17-16-28-13-8-19(32)9-14-28;1-16-9-10-19-20(28(16)25(32)33-2)11-12-21-24(19)26-22(15-27-13-4-3-8-23(27)31)29(21)17-6-5-7-18(30)14-17/h13-14,17,19-21H,4-12,15-16H2,1-3H3;3,6-7,11-12,18-19,32H,4-5,8-10,13-17H2,1-2H3;3-4,8,11-13,16-18,30H,5-7,9-10,14-15H2,1-2H3/t17-,20+,21+;18-;16-,17-,18+/m000/s1. The van der Waals surface area contributed by atoms with Gasteiger partial charge < -0.3 is 47.6 Å². The van der Waals surface area contributed by atoms with Gasteiger partial charge in [0, 0.05) is 123 Å². The number of piperidine rings is 1. The lowest BCUT2D eigenvalue weighted by atomic mass is 9.81. The molecule has 3 aliphatic carbocycles. The molecule has 3 amide bonds. The number of nitrogens with zero attached hydrogens (tertiary/aromatic N) is 13. The van der Waals surface area contributed by atoms with Crippen LogP contribution in [-0.4, -0.2) is 153 Å². The van der Waals surface area contributed by atoms with E-state index in [1.807, 2.05) is 42.1 Å². The fourth-order valence-electron chi connectivity index (χ4n) is 17.1. The SMILES string of the molecule is COC(=O)N1c2ccc3c(nc(CCC4CCC4)n3[C@@H]3CCC[C@@H](C(C)=O)C3)c2CC[C@@H]1C.COC(=O)N1c2ccc3c(nc(CCn4cccn4)n3CCN3CCC(O)CC3)c2CC[C@@H]1C.COC(=O)N1c2ccc3c(nc(Cn4ccccc4=O)n3[C@H]3CCC[C@@H](O)C3)c2CC[C@@H]1C. The molecule has 3 aromatic carbocycles. The van der Waals surface area contributed by atoms with Crippen molar-refractivity contribution in [1.29, 1.82) is 0 Å². The lowest BCUT2D eigenvalue weighted by Gasteiger charge is -2.34. The van der Waals surface area contributed by atoms with E-state index < -0.39 is 0 Å². The zero-order chi connectivity index (χ0) is 69.9. The van der Waals surface area contributed by atoms with Crippen molar-refractivity contribution >= 4 is 74.2 Å². The van der Waals surface area contributed by atoms with Crippen LogP contribution in [0.4, 0.5) is 31.4 Å². The van der Waals surface area contributed by atoms with Crippen LogP contribution in [-0.2, 0) is 70.7 Å². The fourth-order valence-corrected chi connectivity index (χ4v) is 17.1.